The minimum absolute atomic E-state index is 0.652. The third-order valence-corrected chi connectivity index (χ3v) is 6.14. The predicted molar refractivity (Wildman–Crippen MR) is 91.7 cm³/mol. The Morgan fingerprint density at radius 3 is 1.80 bits per heavy atom. The molecule has 0 saturated heterocycles. The van der Waals surface area contributed by atoms with Gasteiger partial charge in [-0.1, -0.05) is 62.6 Å². The third-order valence-electron chi connectivity index (χ3n) is 6.14. The van der Waals surface area contributed by atoms with E-state index in [9.17, 15) is 0 Å². The Kier molecular flexibility index (Phi) is 6.30. The summed E-state index contributed by atoms with van der Waals surface area (Å²) in [5, 5.41) is 0. The van der Waals surface area contributed by atoms with E-state index >= 15 is 0 Å². The van der Waals surface area contributed by atoms with Crippen molar-refractivity contribution >= 4 is 0 Å². The lowest BCUT2D eigenvalue weighted by Crippen LogP contribution is -2.39. The van der Waals surface area contributed by atoms with Crippen LogP contribution in [0, 0.1) is 29.6 Å². The first-order valence-electron chi connectivity index (χ1n) is 8.26. The smallest absolute Gasteiger partial charge is 0.00143 e. The molecule has 0 aromatic carbocycles. The fourth-order valence-electron chi connectivity index (χ4n) is 3.26. The summed E-state index contributed by atoms with van der Waals surface area (Å²) in [5.41, 5.74) is 4.46. The molecule has 0 aliphatic heterocycles. The van der Waals surface area contributed by atoms with Crippen molar-refractivity contribution in [1.82, 2.24) is 0 Å². The maximum absolute atomic E-state index is 2.36. The maximum atomic E-state index is 2.36. The molecule has 0 aromatic rings. The first-order chi connectivity index (χ1) is 9.29. The van der Waals surface area contributed by atoms with E-state index in [0.29, 0.717) is 5.92 Å². The Morgan fingerprint density at radius 1 is 1.00 bits per heavy atom. The highest BCUT2D eigenvalue weighted by molar-refractivity contribution is 5.31. The van der Waals surface area contributed by atoms with Crippen LogP contribution in [0.25, 0.3) is 0 Å². The monoisotopic (exact) mass is 274 g/mol. The molecule has 0 aromatic heterocycles. The fourth-order valence-corrected chi connectivity index (χ4v) is 3.26. The highest BCUT2D eigenvalue weighted by Gasteiger charge is 2.38. The second-order valence-electron chi connectivity index (χ2n) is 7.10. The molecule has 1 unspecified atom stereocenters. The van der Waals surface area contributed by atoms with Crippen molar-refractivity contribution in [2.45, 2.75) is 61.8 Å². The van der Waals surface area contributed by atoms with Gasteiger partial charge >= 0.3 is 0 Å². The van der Waals surface area contributed by atoms with Gasteiger partial charge in [-0.05, 0) is 57.8 Å². The molecular weight excluding hydrogens is 240 g/mol. The zero-order chi connectivity index (χ0) is 15.4. The molecule has 2 aliphatic carbocycles. The zero-order valence-electron chi connectivity index (χ0n) is 14.8. The summed E-state index contributed by atoms with van der Waals surface area (Å²) in [7, 11) is 0. The Balaban J connectivity index is 0.000000217. The average Bonchev–Trinajstić information content (AvgIpc) is 2.47. The SMILES string of the molecule is C/C=C(\C)C1C=CC(C)=C(C)C1.CC1C(C)C(C)C1C. The predicted octanol–water partition coefficient (Wildman–Crippen LogP) is 6.41. The van der Waals surface area contributed by atoms with Crippen LogP contribution in [0.2, 0.25) is 0 Å². The average molecular weight is 274 g/mol. The van der Waals surface area contributed by atoms with Crippen LogP contribution >= 0.6 is 0 Å². The Labute approximate surface area is 127 Å². The molecule has 0 amide bonds. The normalized spacial score (nSPS) is 37.2. The number of rotatable bonds is 1. The fraction of sp³-hybridized carbons (Fsp3) is 0.700. The number of hydrogen-bond donors (Lipinski definition) is 0. The van der Waals surface area contributed by atoms with Crippen LogP contribution in [0.5, 0.6) is 0 Å². The highest BCUT2D eigenvalue weighted by atomic mass is 14.4. The van der Waals surface area contributed by atoms with Gasteiger partial charge in [-0.15, -0.1) is 0 Å². The molecule has 0 heteroatoms. The Morgan fingerprint density at radius 2 is 1.45 bits per heavy atom. The molecule has 0 bridgehead atoms. The molecule has 1 saturated carbocycles. The van der Waals surface area contributed by atoms with Crippen LogP contribution in [0.3, 0.4) is 0 Å². The quantitative estimate of drug-likeness (QED) is 0.485. The lowest BCUT2D eigenvalue weighted by molar-refractivity contribution is 0.0302. The Hall–Kier alpha value is -0.780. The molecule has 1 fully saturated rings. The van der Waals surface area contributed by atoms with E-state index < -0.39 is 0 Å². The van der Waals surface area contributed by atoms with Gasteiger partial charge in [0.25, 0.3) is 0 Å². The first kappa shape index (κ1) is 17.3. The van der Waals surface area contributed by atoms with Crippen molar-refractivity contribution in [3.63, 3.8) is 0 Å². The summed E-state index contributed by atoms with van der Waals surface area (Å²) in [5.74, 6) is 4.56. The van der Waals surface area contributed by atoms with E-state index in [1.54, 1.807) is 0 Å². The van der Waals surface area contributed by atoms with Crippen molar-refractivity contribution in [2.75, 3.05) is 0 Å². The minimum atomic E-state index is 0.652. The summed E-state index contributed by atoms with van der Waals surface area (Å²) in [6.45, 7) is 18.2. The van der Waals surface area contributed by atoms with Crippen LogP contribution in [0.1, 0.15) is 61.8 Å². The largest absolute Gasteiger partial charge is 0.0881 e. The summed E-state index contributed by atoms with van der Waals surface area (Å²) in [6.07, 6.45) is 7.98. The van der Waals surface area contributed by atoms with Crippen molar-refractivity contribution < 1.29 is 0 Å². The summed E-state index contributed by atoms with van der Waals surface area (Å²) in [4.78, 5) is 0. The van der Waals surface area contributed by atoms with E-state index in [0.717, 1.165) is 23.7 Å². The topological polar surface area (TPSA) is 0 Å². The molecule has 0 nitrogen and oxygen atoms in total. The van der Waals surface area contributed by atoms with Crippen molar-refractivity contribution in [2.24, 2.45) is 29.6 Å². The molecule has 0 radical (unpaired) electrons. The first-order valence-corrected chi connectivity index (χ1v) is 8.26. The van der Waals surface area contributed by atoms with Crippen molar-refractivity contribution in [3.05, 3.63) is 34.9 Å². The molecule has 0 heterocycles. The van der Waals surface area contributed by atoms with Gasteiger partial charge in [0.1, 0.15) is 0 Å². The molecule has 0 spiro atoms. The lowest BCUT2D eigenvalue weighted by Gasteiger charge is -2.45. The van der Waals surface area contributed by atoms with Crippen LogP contribution in [0.15, 0.2) is 34.9 Å². The van der Waals surface area contributed by atoms with E-state index in [1.165, 1.54) is 23.1 Å². The van der Waals surface area contributed by atoms with Crippen LogP contribution in [0.4, 0.5) is 0 Å². The van der Waals surface area contributed by atoms with Crippen LogP contribution < -0.4 is 0 Å². The highest BCUT2D eigenvalue weighted by Crippen LogP contribution is 2.44. The van der Waals surface area contributed by atoms with Crippen LogP contribution in [-0.2, 0) is 0 Å². The van der Waals surface area contributed by atoms with E-state index in [2.05, 4.69) is 73.6 Å². The third kappa shape index (κ3) is 3.87. The number of hydrogen-bond acceptors (Lipinski definition) is 0. The maximum Gasteiger partial charge on any atom is 0.00143 e. The minimum Gasteiger partial charge on any atom is -0.0881 e. The molecule has 2 aliphatic rings. The van der Waals surface area contributed by atoms with Gasteiger partial charge in [-0.2, -0.15) is 0 Å². The molecule has 2 rings (SSSR count). The van der Waals surface area contributed by atoms with Gasteiger partial charge in [0.2, 0.25) is 0 Å². The second-order valence-corrected chi connectivity index (χ2v) is 7.10. The molecule has 20 heavy (non-hydrogen) atoms. The van der Waals surface area contributed by atoms with E-state index in [1.807, 2.05) is 0 Å². The van der Waals surface area contributed by atoms with Gasteiger partial charge in [-0.3, -0.25) is 0 Å². The van der Waals surface area contributed by atoms with Gasteiger partial charge in [0.15, 0.2) is 0 Å². The van der Waals surface area contributed by atoms with Gasteiger partial charge in [0, 0.05) is 5.92 Å². The molecule has 1 atom stereocenters. The molecule has 0 N–H and O–H groups in total. The second kappa shape index (κ2) is 7.29. The molecule has 114 valence electrons. The van der Waals surface area contributed by atoms with Crippen molar-refractivity contribution in [3.8, 4) is 0 Å². The van der Waals surface area contributed by atoms with E-state index in [4.69, 9.17) is 0 Å². The Bertz CT molecular complexity index is 376. The van der Waals surface area contributed by atoms with E-state index in [-0.39, 0.29) is 0 Å². The number of allylic oxidation sites excluding steroid dienone is 6. The van der Waals surface area contributed by atoms with Crippen molar-refractivity contribution in [1.29, 1.82) is 0 Å². The lowest BCUT2D eigenvalue weighted by atomic mass is 9.60. The summed E-state index contributed by atoms with van der Waals surface area (Å²) in [6, 6.07) is 0. The zero-order valence-corrected chi connectivity index (χ0v) is 14.8. The van der Waals surface area contributed by atoms with Gasteiger partial charge in [0.05, 0.1) is 0 Å². The van der Waals surface area contributed by atoms with Gasteiger partial charge in [-0.25, -0.2) is 0 Å². The summed E-state index contributed by atoms with van der Waals surface area (Å²) < 4.78 is 0. The standard InChI is InChI=1S/C12H18.C8H16/c1-5-9(2)12-7-6-10(3)11(4)8-12;1-5-6(2)8(4)7(5)3/h5-7,12H,8H2,1-4H3;5-8H,1-4H3/b9-5+;. The molecular formula is C20H34. The van der Waals surface area contributed by atoms with Gasteiger partial charge < -0.3 is 0 Å². The summed E-state index contributed by atoms with van der Waals surface area (Å²) >= 11 is 0. The van der Waals surface area contributed by atoms with Crippen LogP contribution in [-0.4, -0.2) is 0 Å².